The largest absolute Gasteiger partial charge is 0.334 e. The van der Waals surface area contributed by atoms with Gasteiger partial charge >= 0.3 is 0 Å². The zero-order valence-electron chi connectivity index (χ0n) is 9.98. The van der Waals surface area contributed by atoms with Gasteiger partial charge < -0.3 is 9.09 Å². The standard InChI is InChI=1S/C12H8N6O/c1-18-7-14-6-10(18)11-16-12(19-17-11)8-2-3-15-9(4-8)5-13/h2-4,6-7H,1H3. The van der Waals surface area contributed by atoms with Crippen LogP contribution in [0.4, 0.5) is 0 Å². The number of imidazole rings is 1. The molecule has 0 aliphatic heterocycles. The van der Waals surface area contributed by atoms with Crippen molar-refractivity contribution in [1.29, 1.82) is 5.26 Å². The maximum Gasteiger partial charge on any atom is 0.258 e. The van der Waals surface area contributed by atoms with E-state index in [0.29, 0.717) is 23.0 Å². The van der Waals surface area contributed by atoms with Crippen molar-refractivity contribution in [3.8, 4) is 29.0 Å². The van der Waals surface area contributed by atoms with Gasteiger partial charge in [0.15, 0.2) is 0 Å². The van der Waals surface area contributed by atoms with E-state index >= 15 is 0 Å². The van der Waals surface area contributed by atoms with Crippen LogP contribution in [-0.2, 0) is 7.05 Å². The van der Waals surface area contributed by atoms with Crippen LogP contribution in [0.2, 0.25) is 0 Å². The number of nitrogens with zero attached hydrogens (tertiary/aromatic N) is 6. The van der Waals surface area contributed by atoms with E-state index in [-0.39, 0.29) is 0 Å². The first kappa shape index (κ1) is 11.1. The van der Waals surface area contributed by atoms with Gasteiger partial charge in [0.2, 0.25) is 5.82 Å². The first-order valence-corrected chi connectivity index (χ1v) is 5.45. The van der Waals surface area contributed by atoms with Crippen molar-refractivity contribution in [3.63, 3.8) is 0 Å². The molecule has 0 bridgehead atoms. The summed E-state index contributed by atoms with van der Waals surface area (Å²) >= 11 is 0. The predicted molar refractivity (Wildman–Crippen MR) is 64.4 cm³/mol. The lowest BCUT2D eigenvalue weighted by atomic mass is 10.2. The summed E-state index contributed by atoms with van der Waals surface area (Å²) in [5.41, 5.74) is 1.72. The Balaban J connectivity index is 2.02. The van der Waals surface area contributed by atoms with Gasteiger partial charge in [0.25, 0.3) is 5.89 Å². The molecule has 3 heterocycles. The molecule has 19 heavy (non-hydrogen) atoms. The van der Waals surface area contributed by atoms with Gasteiger partial charge in [-0.25, -0.2) is 9.97 Å². The summed E-state index contributed by atoms with van der Waals surface area (Å²) in [6.45, 7) is 0. The van der Waals surface area contributed by atoms with Crippen LogP contribution in [0.3, 0.4) is 0 Å². The second kappa shape index (κ2) is 4.34. The van der Waals surface area contributed by atoms with Crippen LogP contribution in [0.1, 0.15) is 5.69 Å². The maximum absolute atomic E-state index is 8.81. The molecule has 0 aliphatic carbocycles. The first-order valence-electron chi connectivity index (χ1n) is 5.45. The number of rotatable bonds is 2. The van der Waals surface area contributed by atoms with Crippen molar-refractivity contribution in [2.75, 3.05) is 0 Å². The summed E-state index contributed by atoms with van der Waals surface area (Å²) in [5.74, 6) is 0.792. The normalized spacial score (nSPS) is 10.3. The molecule has 0 amide bonds. The monoisotopic (exact) mass is 252 g/mol. The molecule has 3 rings (SSSR count). The lowest BCUT2D eigenvalue weighted by molar-refractivity contribution is 0.432. The molecule has 92 valence electrons. The van der Waals surface area contributed by atoms with Crippen molar-refractivity contribution in [2.24, 2.45) is 7.05 Å². The van der Waals surface area contributed by atoms with E-state index in [1.165, 1.54) is 6.20 Å². The van der Waals surface area contributed by atoms with Gasteiger partial charge in [0.1, 0.15) is 17.5 Å². The van der Waals surface area contributed by atoms with Crippen molar-refractivity contribution in [2.45, 2.75) is 0 Å². The molecule has 0 fully saturated rings. The molecule has 0 unspecified atom stereocenters. The molecule has 0 aromatic carbocycles. The molecular weight excluding hydrogens is 244 g/mol. The quantitative estimate of drug-likeness (QED) is 0.684. The van der Waals surface area contributed by atoms with Crippen LogP contribution < -0.4 is 0 Å². The SMILES string of the molecule is Cn1cncc1-c1noc(-c2ccnc(C#N)c2)n1. The fourth-order valence-corrected chi connectivity index (χ4v) is 1.64. The first-order chi connectivity index (χ1) is 9.28. The molecule has 7 nitrogen and oxygen atoms in total. The number of hydrogen-bond acceptors (Lipinski definition) is 6. The van der Waals surface area contributed by atoms with E-state index in [2.05, 4.69) is 20.1 Å². The second-order valence-corrected chi connectivity index (χ2v) is 3.85. The fourth-order valence-electron chi connectivity index (χ4n) is 1.64. The van der Waals surface area contributed by atoms with E-state index in [0.717, 1.165) is 5.69 Å². The van der Waals surface area contributed by atoms with Crippen molar-refractivity contribution < 1.29 is 4.52 Å². The van der Waals surface area contributed by atoms with Crippen molar-refractivity contribution in [1.82, 2.24) is 24.7 Å². The van der Waals surface area contributed by atoms with Gasteiger partial charge in [-0.1, -0.05) is 5.16 Å². The van der Waals surface area contributed by atoms with Crippen LogP contribution in [0.25, 0.3) is 23.0 Å². The molecule has 0 radical (unpaired) electrons. The average Bonchev–Trinajstić information content (AvgIpc) is 3.07. The van der Waals surface area contributed by atoms with E-state index in [4.69, 9.17) is 9.78 Å². The molecule has 0 N–H and O–H groups in total. The van der Waals surface area contributed by atoms with Crippen LogP contribution in [0, 0.1) is 11.3 Å². The predicted octanol–water partition coefficient (Wildman–Crippen LogP) is 1.40. The topological polar surface area (TPSA) is 93.4 Å². The Morgan fingerprint density at radius 2 is 2.32 bits per heavy atom. The Morgan fingerprint density at radius 3 is 3.05 bits per heavy atom. The Labute approximate surface area is 108 Å². The van der Waals surface area contributed by atoms with Gasteiger partial charge in [-0.2, -0.15) is 10.2 Å². The number of aromatic nitrogens is 5. The third kappa shape index (κ3) is 1.95. The summed E-state index contributed by atoms with van der Waals surface area (Å²) in [5, 5.41) is 12.7. The number of hydrogen-bond donors (Lipinski definition) is 0. The fraction of sp³-hybridized carbons (Fsp3) is 0.0833. The van der Waals surface area contributed by atoms with Crippen LogP contribution in [0.15, 0.2) is 35.4 Å². The summed E-state index contributed by atoms with van der Waals surface area (Å²) in [6, 6.07) is 5.27. The summed E-state index contributed by atoms with van der Waals surface area (Å²) in [7, 11) is 1.85. The summed E-state index contributed by atoms with van der Waals surface area (Å²) < 4.78 is 6.98. The van der Waals surface area contributed by atoms with Gasteiger partial charge in [0, 0.05) is 18.8 Å². The molecule has 0 aliphatic rings. The molecule has 0 saturated carbocycles. The lowest BCUT2D eigenvalue weighted by Crippen LogP contribution is -1.90. The highest BCUT2D eigenvalue weighted by atomic mass is 16.5. The molecular formula is C12H8N6O. The molecule has 0 saturated heterocycles. The van der Waals surface area contributed by atoms with Crippen LogP contribution in [0.5, 0.6) is 0 Å². The number of pyridine rings is 1. The Bertz CT molecular complexity index is 766. The number of aryl methyl sites for hydroxylation is 1. The third-order valence-corrected chi connectivity index (χ3v) is 2.59. The average molecular weight is 252 g/mol. The van der Waals surface area contributed by atoms with Crippen LogP contribution >= 0.6 is 0 Å². The highest BCUT2D eigenvalue weighted by Crippen LogP contribution is 2.21. The van der Waals surface area contributed by atoms with Crippen molar-refractivity contribution in [3.05, 3.63) is 36.5 Å². The zero-order chi connectivity index (χ0) is 13.2. The summed E-state index contributed by atoms with van der Waals surface area (Å²) in [4.78, 5) is 12.2. The third-order valence-electron chi connectivity index (χ3n) is 2.59. The minimum absolute atomic E-state index is 0.304. The van der Waals surface area contributed by atoms with E-state index in [1.54, 1.807) is 29.2 Å². The Morgan fingerprint density at radius 1 is 1.42 bits per heavy atom. The molecule has 0 spiro atoms. The highest BCUT2D eigenvalue weighted by Gasteiger charge is 2.13. The zero-order valence-corrected chi connectivity index (χ0v) is 9.98. The minimum atomic E-state index is 0.304. The summed E-state index contributed by atoms with van der Waals surface area (Å²) in [6.07, 6.45) is 4.84. The smallest absolute Gasteiger partial charge is 0.258 e. The van der Waals surface area contributed by atoms with E-state index in [9.17, 15) is 0 Å². The maximum atomic E-state index is 8.81. The van der Waals surface area contributed by atoms with Gasteiger partial charge in [-0.3, -0.25) is 0 Å². The molecule has 7 heteroatoms. The van der Waals surface area contributed by atoms with Crippen LogP contribution in [-0.4, -0.2) is 24.7 Å². The molecule has 3 aromatic rings. The van der Waals surface area contributed by atoms with E-state index in [1.807, 2.05) is 13.1 Å². The molecule has 3 aromatic heterocycles. The molecule has 0 atom stereocenters. The number of nitriles is 1. The highest BCUT2D eigenvalue weighted by molar-refractivity contribution is 5.57. The van der Waals surface area contributed by atoms with Gasteiger partial charge in [0.05, 0.1) is 12.5 Å². The Kier molecular flexibility index (Phi) is 2.54. The lowest BCUT2D eigenvalue weighted by Gasteiger charge is -1.94. The minimum Gasteiger partial charge on any atom is -0.334 e. The van der Waals surface area contributed by atoms with E-state index < -0.39 is 0 Å². The van der Waals surface area contributed by atoms with Gasteiger partial charge in [-0.05, 0) is 12.1 Å². The van der Waals surface area contributed by atoms with Crippen molar-refractivity contribution >= 4 is 0 Å². The second-order valence-electron chi connectivity index (χ2n) is 3.85. The van der Waals surface area contributed by atoms with Gasteiger partial charge in [-0.15, -0.1) is 0 Å². The Hall–Kier alpha value is -3.01.